The number of hydrogen-bond acceptors (Lipinski definition) is 3. The van der Waals surface area contributed by atoms with Gasteiger partial charge >= 0.3 is 0 Å². The highest BCUT2D eigenvalue weighted by atomic mass is 35.5. The van der Waals surface area contributed by atoms with Crippen LogP contribution >= 0.6 is 35.0 Å². The molecule has 0 aromatic heterocycles. The van der Waals surface area contributed by atoms with Gasteiger partial charge in [-0.05, 0) is 60.4 Å². The molecule has 1 aliphatic carbocycles. The predicted octanol–water partition coefficient (Wildman–Crippen LogP) is 7.18. The third kappa shape index (κ3) is 4.40. The van der Waals surface area contributed by atoms with Crippen LogP contribution in [0.2, 0.25) is 10.0 Å². The number of aliphatic imine (C=N–C) groups is 1. The number of amidine groups is 1. The lowest BCUT2D eigenvalue weighted by molar-refractivity contribution is -0.124. The first kappa shape index (κ1) is 20.5. The molecule has 0 radical (unpaired) electrons. The van der Waals surface area contributed by atoms with Gasteiger partial charge in [0.15, 0.2) is 5.17 Å². The molecule has 1 saturated heterocycles. The van der Waals surface area contributed by atoms with Crippen molar-refractivity contribution in [2.24, 2.45) is 10.9 Å². The molecule has 3 nitrogen and oxygen atoms in total. The summed E-state index contributed by atoms with van der Waals surface area (Å²) < 4.78 is 0. The number of para-hydroxylation sites is 1. The first-order chi connectivity index (χ1) is 14.0. The van der Waals surface area contributed by atoms with Crippen LogP contribution in [0.15, 0.2) is 58.4 Å². The van der Waals surface area contributed by atoms with Gasteiger partial charge in [0, 0.05) is 6.04 Å². The Labute approximate surface area is 185 Å². The van der Waals surface area contributed by atoms with E-state index in [1.165, 1.54) is 18.2 Å². The summed E-state index contributed by atoms with van der Waals surface area (Å²) in [5.41, 5.74) is 1.59. The summed E-state index contributed by atoms with van der Waals surface area (Å²) in [6.07, 6.45) is 6.33. The fourth-order valence-corrected chi connectivity index (χ4v) is 5.32. The zero-order valence-corrected chi connectivity index (χ0v) is 18.5. The van der Waals surface area contributed by atoms with E-state index in [4.69, 9.17) is 28.2 Å². The lowest BCUT2D eigenvalue weighted by atomic mass is 9.85. The molecule has 0 unspecified atom stereocenters. The van der Waals surface area contributed by atoms with Gasteiger partial charge in [-0.25, -0.2) is 4.99 Å². The molecule has 1 saturated carbocycles. The number of benzene rings is 2. The Balaban J connectivity index is 1.74. The summed E-state index contributed by atoms with van der Waals surface area (Å²) in [5.74, 6) is 0.447. The fourth-order valence-electron chi connectivity index (χ4n) is 3.92. The van der Waals surface area contributed by atoms with Crippen molar-refractivity contribution in [3.63, 3.8) is 0 Å². The number of thioether (sulfide) groups is 1. The second-order valence-electron chi connectivity index (χ2n) is 7.49. The zero-order chi connectivity index (χ0) is 20.4. The second-order valence-corrected chi connectivity index (χ2v) is 9.28. The molecule has 1 amide bonds. The van der Waals surface area contributed by atoms with E-state index in [1.54, 1.807) is 6.07 Å². The van der Waals surface area contributed by atoms with Crippen molar-refractivity contribution < 1.29 is 4.79 Å². The van der Waals surface area contributed by atoms with E-state index in [1.807, 2.05) is 53.4 Å². The van der Waals surface area contributed by atoms with Gasteiger partial charge < -0.3 is 0 Å². The molecule has 150 valence electrons. The van der Waals surface area contributed by atoms with Crippen LogP contribution in [0.1, 0.15) is 38.2 Å². The number of nitrogens with zero attached hydrogens (tertiary/aromatic N) is 2. The Hall–Kier alpha value is -1.75. The molecule has 2 aromatic rings. The highest BCUT2D eigenvalue weighted by molar-refractivity contribution is 8.18. The molecular formula is C23H22Cl2N2OS. The van der Waals surface area contributed by atoms with Gasteiger partial charge in [-0.1, -0.05) is 73.3 Å². The Kier molecular flexibility index (Phi) is 6.33. The van der Waals surface area contributed by atoms with Crippen molar-refractivity contribution in [1.29, 1.82) is 0 Å². The monoisotopic (exact) mass is 444 g/mol. The van der Waals surface area contributed by atoms with Gasteiger partial charge in [-0.2, -0.15) is 0 Å². The minimum absolute atomic E-state index is 0.000488. The van der Waals surface area contributed by atoms with Crippen LogP contribution in [-0.4, -0.2) is 22.0 Å². The maximum atomic E-state index is 13.4. The predicted molar refractivity (Wildman–Crippen MR) is 124 cm³/mol. The van der Waals surface area contributed by atoms with Gasteiger partial charge in [0.2, 0.25) is 0 Å². The van der Waals surface area contributed by atoms with Crippen molar-refractivity contribution in [3.05, 3.63) is 69.0 Å². The topological polar surface area (TPSA) is 32.7 Å². The normalized spacial score (nSPS) is 25.2. The van der Waals surface area contributed by atoms with E-state index in [-0.39, 0.29) is 11.9 Å². The summed E-state index contributed by atoms with van der Waals surface area (Å²) in [6.45, 7) is 2.23. The third-order valence-corrected chi connectivity index (χ3v) is 7.30. The van der Waals surface area contributed by atoms with Crippen LogP contribution in [0.4, 0.5) is 5.69 Å². The molecule has 4 rings (SSSR count). The van der Waals surface area contributed by atoms with Gasteiger partial charge in [-0.3, -0.25) is 9.69 Å². The number of rotatable bonds is 3. The molecule has 2 fully saturated rings. The van der Waals surface area contributed by atoms with Crippen molar-refractivity contribution in [1.82, 2.24) is 4.90 Å². The van der Waals surface area contributed by atoms with Crippen LogP contribution in [0.25, 0.3) is 6.08 Å². The molecule has 2 aromatic carbocycles. The number of hydrogen-bond donors (Lipinski definition) is 0. The SMILES string of the molecule is C[C@@H]1CCCC[C@@H]1N1C(=O)/C(=C/c2cccc(Cl)c2Cl)SC1=Nc1ccccc1. The number of halogens is 2. The Morgan fingerprint density at radius 2 is 1.83 bits per heavy atom. The van der Waals surface area contributed by atoms with Gasteiger partial charge in [0.05, 0.1) is 20.6 Å². The maximum Gasteiger partial charge on any atom is 0.267 e. The molecule has 0 spiro atoms. The molecule has 2 atom stereocenters. The Morgan fingerprint density at radius 3 is 2.59 bits per heavy atom. The second kappa shape index (κ2) is 8.95. The summed E-state index contributed by atoms with van der Waals surface area (Å²) in [6, 6.07) is 15.4. The van der Waals surface area contributed by atoms with E-state index in [0.29, 0.717) is 20.9 Å². The molecule has 6 heteroatoms. The van der Waals surface area contributed by atoms with Crippen molar-refractivity contribution in [2.75, 3.05) is 0 Å². The molecule has 29 heavy (non-hydrogen) atoms. The Bertz CT molecular complexity index is 974. The average Bonchev–Trinajstić information content (AvgIpc) is 3.01. The molecule has 1 heterocycles. The van der Waals surface area contributed by atoms with Crippen molar-refractivity contribution >= 4 is 57.8 Å². The van der Waals surface area contributed by atoms with E-state index in [2.05, 4.69) is 6.92 Å². The van der Waals surface area contributed by atoms with Crippen molar-refractivity contribution in [3.8, 4) is 0 Å². The molecule has 0 N–H and O–H groups in total. The highest BCUT2D eigenvalue weighted by Crippen LogP contribution is 2.41. The first-order valence-corrected chi connectivity index (χ1v) is 11.4. The van der Waals surface area contributed by atoms with Gasteiger partial charge in [-0.15, -0.1) is 0 Å². The fraction of sp³-hybridized carbons (Fsp3) is 0.304. The quantitative estimate of drug-likeness (QED) is 0.469. The largest absolute Gasteiger partial charge is 0.283 e. The van der Waals surface area contributed by atoms with E-state index in [9.17, 15) is 4.79 Å². The van der Waals surface area contributed by atoms with Gasteiger partial charge in [0.25, 0.3) is 5.91 Å². The summed E-state index contributed by atoms with van der Waals surface area (Å²) in [5, 5.41) is 1.68. The summed E-state index contributed by atoms with van der Waals surface area (Å²) in [4.78, 5) is 20.8. The molecule has 2 aliphatic rings. The lowest BCUT2D eigenvalue weighted by Gasteiger charge is -2.35. The minimum atomic E-state index is -0.000488. The molecular weight excluding hydrogens is 423 g/mol. The summed E-state index contributed by atoms with van der Waals surface area (Å²) >= 11 is 13.9. The minimum Gasteiger partial charge on any atom is -0.283 e. The van der Waals surface area contributed by atoms with E-state index < -0.39 is 0 Å². The highest BCUT2D eigenvalue weighted by Gasteiger charge is 2.41. The van der Waals surface area contributed by atoms with Crippen molar-refractivity contribution in [2.45, 2.75) is 38.6 Å². The van der Waals surface area contributed by atoms with E-state index in [0.717, 1.165) is 35.7 Å². The Morgan fingerprint density at radius 1 is 1.07 bits per heavy atom. The smallest absolute Gasteiger partial charge is 0.267 e. The number of amides is 1. The zero-order valence-electron chi connectivity index (χ0n) is 16.1. The summed E-state index contributed by atoms with van der Waals surface area (Å²) in [7, 11) is 0. The van der Waals surface area contributed by atoms with Gasteiger partial charge in [0.1, 0.15) is 0 Å². The van der Waals surface area contributed by atoms with Crippen LogP contribution in [0, 0.1) is 5.92 Å². The van der Waals surface area contributed by atoms with E-state index >= 15 is 0 Å². The van der Waals surface area contributed by atoms with Crippen LogP contribution in [0.5, 0.6) is 0 Å². The number of carbonyl (C=O) groups excluding carboxylic acids is 1. The maximum absolute atomic E-state index is 13.4. The molecule has 0 bridgehead atoms. The standard InChI is InChI=1S/C23H22Cl2N2OS/c1-15-8-5-6-13-19(15)27-22(28)20(14-16-9-7-12-18(24)21(16)25)29-23(27)26-17-10-3-2-4-11-17/h2-4,7,9-12,14-15,19H,5-6,8,13H2,1H3/b20-14-,26-23?/t15-,19+/m1/s1. The number of carbonyl (C=O) groups is 1. The first-order valence-electron chi connectivity index (χ1n) is 9.85. The molecule has 1 aliphatic heterocycles. The van der Waals surface area contributed by atoms with Crippen LogP contribution in [-0.2, 0) is 4.79 Å². The average molecular weight is 445 g/mol. The van der Waals surface area contributed by atoms with Crippen LogP contribution < -0.4 is 0 Å². The lowest BCUT2D eigenvalue weighted by Crippen LogP contribution is -2.44. The van der Waals surface area contributed by atoms with Crippen LogP contribution in [0.3, 0.4) is 0 Å². The third-order valence-electron chi connectivity index (χ3n) is 5.48.